The summed E-state index contributed by atoms with van der Waals surface area (Å²) < 4.78 is 0. The van der Waals surface area contributed by atoms with Crippen molar-refractivity contribution < 1.29 is 4.79 Å². The fourth-order valence-corrected chi connectivity index (χ4v) is 4.44. The van der Waals surface area contributed by atoms with Gasteiger partial charge in [-0.25, -0.2) is 0 Å². The molecule has 2 heterocycles. The van der Waals surface area contributed by atoms with Crippen LogP contribution in [0.4, 0.5) is 0 Å². The summed E-state index contributed by atoms with van der Waals surface area (Å²) >= 11 is 1.75. The third-order valence-electron chi connectivity index (χ3n) is 5.11. The van der Waals surface area contributed by atoms with E-state index in [4.69, 9.17) is 0 Å². The highest BCUT2D eigenvalue weighted by Crippen LogP contribution is 2.41. The minimum atomic E-state index is -0.00737. The maximum atomic E-state index is 12.8. The summed E-state index contributed by atoms with van der Waals surface area (Å²) in [6.45, 7) is 6.78. The van der Waals surface area contributed by atoms with Crippen LogP contribution in [0, 0.1) is 5.41 Å². The van der Waals surface area contributed by atoms with Gasteiger partial charge in [-0.05, 0) is 49.0 Å². The van der Waals surface area contributed by atoms with E-state index < -0.39 is 0 Å². The highest BCUT2D eigenvalue weighted by molar-refractivity contribution is 7.10. The molecule has 1 N–H and O–H groups in total. The van der Waals surface area contributed by atoms with Gasteiger partial charge in [-0.3, -0.25) is 10.1 Å². The number of hydrogen-bond acceptors (Lipinski definition) is 3. The van der Waals surface area contributed by atoms with Gasteiger partial charge in [-0.15, -0.1) is 11.3 Å². The Kier molecular flexibility index (Phi) is 4.10. The van der Waals surface area contributed by atoms with E-state index in [1.54, 1.807) is 11.3 Å². The highest BCUT2D eigenvalue weighted by Gasteiger charge is 2.44. The molecule has 0 radical (unpaired) electrons. The van der Waals surface area contributed by atoms with Crippen molar-refractivity contribution in [1.29, 1.82) is 0 Å². The molecule has 3 rings (SSSR count). The van der Waals surface area contributed by atoms with Gasteiger partial charge in [0.1, 0.15) is 6.17 Å². The van der Waals surface area contributed by atoms with Crippen LogP contribution in [-0.4, -0.2) is 22.9 Å². The van der Waals surface area contributed by atoms with E-state index in [2.05, 4.69) is 48.5 Å². The first-order chi connectivity index (χ1) is 10.0. The molecule has 2 aliphatic rings. The predicted octanol–water partition coefficient (Wildman–Crippen LogP) is 3.93. The first kappa shape index (κ1) is 15.0. The van der Waals surface area contributed by atoms with E-state index in [-0.39, 0.29) is 12.2 Å². The molecule has 1 saturated heterocycles. The minimum absolute atomic E-state index is 0.00737. The summed E-state index contributed by atoms with van der Waals surface area (Å²) in [7, 11) is 0. The standard InChI is InChI=1S/C17H26N2OS/c1-4-13-16(20)19(12-7-9-17(2,3)10-8-12)15(18-13)14-6-5-11-21-14/h5-6,11-13,15,18H,4,7-10H2,1-3H3. The lowest BCUT2D eigenvalue weighted by molar-refractivity contribution is -0.133. The number of hydrogen-bond donors (Lipinski definition) is 1. The normalized spacial score (nSPS) is 30.0. The predicted molar refractivity (Wildman–Crippen MR) is 87.2 cm³/mol. The number of nitrogens with zero attached hydrogens (tertiary/aromatic N) is 1. The summed E-state index contributed by atoms with van der Waals surface area (Å²) in [6, 6.07) is 4.62. The molecule has 1 aromatic rings. The number of carbonyl (C=O) groups is 1. The van der Waals surface area contributed by atoms with Crippen LogP contribution in [0.1, 0.15) is 63.9 Å². The van der Waals surface area contributed by atoms with Gasteiger partial charge in [0.15, 0.2) is 0 Å². The van der Waals surface area contributed by atoms with E-state index in [1.165, 1.54) is 17.7 Å². The molecule has 2 fully saturated rings. The third-order valence-corrected chi connectivity index (χ3v) is 6.04. The molecule has 21 heavy (non-hydrogen) atoms. The van der Waals surface area contributed by atoms with E-state index in [0.29, 0.717) is 17.4 Å². The van der Waals surface area contributed by atoms with E-state index >= 15 is 0 Å². The van der Waals surface area contributed by atoms with Crippen molar-refractivity contribution >= 4 is 17.2 Å². The van der Waals surface area contributed by atoms with Crippen LogP contribution in [0.15, 0.2) is 17.5 Å². The van der Waals surface area contributed by atoms with Crippen LogP contribution >= 0.6 is 11.3 Å². The first-order valence-electron chi connectivity index (χ1n) is 8.13. The quantitative estimate of drug-likeness (QED) is 0.918. The van der Waals surface area contributed by atoms with Gasteiger partial charge >= 0.3 is 0 Å². The van der Waals surface area contributed by atoms with Crippen molar-refractivity contribution in [2.45, 2.75) is 71.1 Å². The molecular formula is C17H26N2OS. The van der Waals surface area contributed by atoms with E-state index in [1.807, 2.05) is 0 Å². The molecule has 1 aromatic heterocycles. The maximum absolute atomic E-state index is 12.8. The van der Waals surface area contributed by atoms with Crippen molar-refractivity contribution in [3.63, 3.8) is 0 Å². The topological polar surface area (TPSA) is 32.3 Å². The summed E-state index contributed by atoms with van der Waals surface area (Å²) in [5.41, 5.74) is 0.440. The summed E-state index contributed by atoms with van der Waals surface area (Å²) in [6.07, 6.45) is 5.67. The maximum Gasteiger partial charge on any atom is 0.241 e. The second-order valence-electron chi connectivity index (χ2n) is 7.19. The lowest BCUT2D eigenvalue weighted by Gasteiger charge is -2.40. The molecule has 1 aliphatic carbocycles. The number of amides is 1. The Morgan fingerprint density at radius 3 is 2.67 bits per heavy atom. The number of nitrogens with one attached hydrogen (secondary N) is 1. The van der Waals surface area contributed by atoms with E-state index in [0.717, 1.165) is 19.3 Å². The Morgan fingerprint density at radius 2 is 2.10 bits per heavy atom. The average Bonchev–Trinajstić information content (AvgIpc) is 3.07. The largest absolute Gasteiger partial charge is 0.318 e. The fourth-order valence-electron chi connectivity index (χ4n) is 3.66. The van der Waals surface area contributed by atoms with Crippen molar-refractivity contribution in [2.75, 3.05) is 0 Å². The summed E-state index contributed by atoms with van der Waals surface area (Å²) in [5, 5.41) is 5.65. The molecule has 2 atom stereocenters. The van der Waals surface area contributed by atoms with Crippen LogP contribution < -0.4 is 5.32 Å². The third kappa shape index (κ3) is 2.88. The number of carbonyl (C=O) groups excluding carboxylic acids is 1. The van der Waals surface area contributed by atoms with Crippen LogP contribution in [0.3, 0.4) is 0 Å². The lowest BCUT2D eigenvalue weighted by Crippen LogP contribution is -2.43. The highest BCUT2D eigenvalue weighted by atomic mass is 32.1. The van der Waals surface area contributed by atoms with Gasteiger partial charge in [-0.2, -0.15) is 0 Å². The molecule has 2 unspecified atom stereocenters. The van der Waals surface area contributed by atoms with Gasteiger partial charge in [0.25, 0.3) is 0 Å². The zero-order chi connectivity index (χ0) is 15.0. The molecular weight excluding hydrogens is 280 g/mol. The smallest absolute Gasteiger partial charge is 0.241 e. The SMILES string of the molecule is CCC1NC(c2cccs2)N(C2CCC(C)(C)CC2)C1=O. The average molecular weight is 306 g/mol. The molecule has 1 saturated carbocycles. The molecule has 0 bridgehead atoms. The molecule has 116 valence electrons. The summed E-state index contributed by atoms with van der Waals surface area (Å²) in [5.74, 6) is 0.306. The zero-order valence-electron chi connectivity index (χ0n) is 13.3. The second kappa shape index (κ2) is 5.73. The Morgan fingerprint density at radius 1 is 1.38 bits per heavy atom. The van der Waals surface area contributed by atoms with E-state index in [9.17, 15) is 4.79 Å². The van der Waals surface area contributed by atoms with Gasteiger partial charge in [0.2, 0.25) is 5.91 Å². The van der Waals surface area contributed by atoms with Gasteiger partial charge in [0.05, 0.1) is 6.04 Å². The molecule has 1 aliphatic heterocycles. The van der Waals surface area contributed by atoms with Crippen molar-refractivity contribution in [2.24, 2.45) is 5.41 Å². The van der Waals surface area contributed by atoms with Crippen molar-refractivity contribution in [3.05, 3.63) is 22.4 Å². The van der Waals surface area contributed by atoms with Crippen LogP contribution in [0.2, 0.25) is 0 Å². The van der Waals surface area contributed by atoms with Crippen molar-refractivity contribution in [1.82, 2.24) is 10.2 Å². The Labute approximate surface area is 131 Å². The second-order valence-corrected chi connectivity index (χ2v) is 8.17. The molecule has 4 heteroatoms. The fraction of sp³-hybridized carbons (Fsp3) is 0.706. The Bertz CT molecular complexity index is 487. The Hall–Kier alpha value is -0.870. The number of thiophene rings is 1. The van der Waals surface area contributed by atoms with Gasteiger partial charge in [-0.1, -0.05) is 26.8 Å². The zero-order valence-corrected chi connectivity index (χ0v) is 14.1. The minimum Gasteiger partial charge on any atom is -0.318 e. The van der Waals surface area contributed by atoms with Gasteiger partial charge in [0, 0.05) is 10.9 Å². The van der Waals surface area contributed by atoms with Crippen LogP contribution in [0.5, 0.6) is 0 Å². The van der Waals surface area contributed by atoms with Gasteiger partial charge < -0.3 is 4.90 Å². The Balaban J connectivity index is 1.81. The van der Waals surface area contributed by atoms with Crippen LogP contribution in [-0.2, 0) is 4.79 Å². The number of rotatable bonds is 3. The molecule has 0 aromatic carbocycles. The molecule has 3 nitrogen and oxygen atoms in total. The summed E-state index contributed by atoms with van der Waals surface area (Å²) in [4.78, 5) is 16.2. The first-order valence-corrected chi connectivity index (χ1v) is 9.01. The monoisotopic (exact) mass is 306 g/mol. The van der Waals surface area contributed by atoms with Crippen LogP contribution in [0.25, 0.3) is 0 Å². The molecule has 0 spiro atoms. The molecule has 1 amide bonds. The van der Waals surface area contributed by atoms with Crippen molar-refractivity contribution in [3.8, 4) is 0 Å². The lowest BCUT2D eigenvalue weighted by atomic mass is 9.75.